The second-order valence-corrected chi connectivity index (χ2v) is 5.99. The Morgan fingerprint density at radius 2 is 2.11 bits per heavy atom. The number of aromatic nitrogens is 2. The highest BCUT2D eigenvalue weighted by molar-refractivity contribution is 7.85. The van der Waals surface area contributed by atoms with Crippen molar-refractivity contribution in [2.75, 3.05) is 16.8 Å². The highest BCUT2D eigenvalue weighted by atomic mass is 32.2. The predicted molar refractivity (Wildman–Crippen MR) is 68.2 cm³/mol. The predicted octanol–water partition coefficient (Wildman–Crippen LogP) is 0.806. The van der Waals surface area contributed by atoms with Crippen molar-refractivity contribution < 1.29 is 14.1 Å². The standard InChI is InChI=1S/C11H15N3O3S/c1-7-6-9(10(15)16)14-11(12-7)13-8-2-4-18(17)5-3-8/h6,8H,2-5H2,1H3,(H,15,16)(H,12,13,14). The number of nitrogens with zero attached hydrogens (tertiary/aromatic N) is 2. The topological polar surface area (TPSA) is 92.2 Å². The lowest BCUT2D eigenvalue weighted by molar-refractivity contribution is 0.0690. The van der Waals surface area contributed by atoms with E-state index in [9.17, 15) is 9.00 Å². The number of rotatable bonds is 3. The molecular weight excluding hydrogens is 254 g/mol. The fraction of sp³-hybridized carbons (Fsp3) is 0.545. The first-order valence-corrected chi connectivity index (χ1v) is 7.24. The van der Waals surface area contributed by atoms with Crippen LogP contribution in [-0.4, -0.2) is 42.8 Å². The molecule has 0 aliphatic carbocycles. The molecule has 0 saturated carbocycles. The van der Waals surface area contributed by atoms with E-state index in [1.807, 2.05) is 0 Å². The summed E-state index contributed by atoms with van der Waals surface area (Å²) in [6, 6.07) is 1.61. The van der Waals surface area contributed by atoms with Gasteiger partial charge in [-0.1, -0.05) is 0 Å². The molecule has 6 nitrogen and oxygen atoms in total. The Bertz CT molecular complexity index is 482. The van der Waals surface area contributed by atoms with Crippen LogP contribution in [-0.2, 0) is 10.8 Å². The van der Waals surface area contributed by atoms with Gasteiger partial charge < -0.3 is 10.4 Å². The lowest BCUT2D eigenvalue weighted by Crippen LogP contribution is -2.30. The van der Waals surface area contributed by atoms with Crippen LogP contribution in [0.4, 0.5) is 5.95 Å². The third-order valence-electron chi connectivity index (χ3n) is 2.79. The minimum absolute atomic E-state index is 0.00983. The number of carboxylic acid groups (broad SMARTS) is 1. The van der Waals surface area contributed by atoms with Crippen molar-refractivity contribution in [2.24, 2.45) is 0 Å². The SMILES string of the molecule is Cc1cc(C(=O)O)nc(NC2CCS(=O)CC2)n1. The summed E-state index contributed by atoms with van der Waals surface area (Å²) in [5.41, 5.74) is 0.605. The number of aryl methyl sites for hydroxylation is 1. The van der Waals surface area contributed by atoms with Crippen LogP contribution >= 0.6 is 0 Å². The van der Waals surface area contributed by atoms with Crippen LogP contribution in [0.25, 0.3) is 0 Å². The molecule has 1 aliphatic heterocycles. The van der Waals surface area contributed by atoms with E-state index in [1.165, 1.54) is 6.07 Å². The minimum atomic E-state index is -1.06. The van der Waals surface area contributed by atoms with E-state index in [0.29, 0.717) is 23.1 Å². The Morgan fingerprint density at radius 1 is 1.44 bits per heavy atom. The van der Waals surface area contributed by atoms with Gasteiger partial charge in [0.15, 0.2) is 5.69 Å². The molecule has 1 aliphatic rings. The molecule has 2 rings (SSSR count). The molecule has 0 spiro atoms. The summed E-state index contributed by atoms with van der Waals surface area (Å²) in [5.74, 6) is 0.628. The molecule has 0 bridgehead atoms. The average Bonchev–Trinajstić information content (AvgIpc) is 2.31. The maximum absolute atomic E-state index is 11.2. The number of carboxylic acids is 1. The Balaban J connectivity index is 2.09. The third kappa shape index (κ3) is 3.25. The molecule has 98 valence electrons. The maximum atomic E-state index is 11.2. The third-order valence-corrected chi connectivity index (χ3v) is 4.18. The maximum Gasteiger partial charge on any atom is 0.354 e. The number of aromatic carboxylic acids is 1. The molecule has 7 heteroatoms. The van der Waals surface area contributed by atoms with Gasteiger partial charge in [-0.05, 0) is 25.8 Å². The number of nitrogens with one attached hydrogen (secondary N) is 1. The smallest absolute Gasteiger partial charge is 0.354 e. The fourth-order valence-corrected chi connectivity index (χ4v) is 3.16. The summed E-state index contributed by atoms with van der Waals surface area (Å²) < 4.78 is 11.2. The molecule has 0 aromatic carbocycles. The summed E-state index contributed by atoms with van der Waals surface area (Å²) in [7, 11) is -0.710. The van der Waals surface area contributed by atoms with Gasteiger partial charge >= 0.3 is 5.97 Å². The van der Waals surface area contributed by atoms with E-state index in [4.69, 9.17) is 5.11 Å². The van der Waals surface area contributed by atoms with Gasteiger partial charge in [-0.25, -0.2) is 14.8 Å². The highest BCUT2D eigenvalue weighted by Gasteiger charge is 2.19. The Labute approximate surface area is 107 Å². The fourth-order valence-electron chi connectivity index (χ4n) is 1.86. The molecule has 0 unspecified atom stereocenters. The van der Waals surface area contributed by atoms with E-state index < -0.39 is 16.8 Å². The van der Waals surface area contributed by atoms with Gasteiger partial charge in [0.2, 0.25) is 5.95 Å². The van der Waals surface area contributed by atoms with Gasteiger partial charge in [0.25, 0.3) is 0 Å². The molecule has 1 fully saturated rings. The number of anilines is 1. The van der Waals surface area contributed by atoms with Gasteiger partial charge in [0.1, 0.15) is 0 Å². The van der Waals surface area contributed by atoms with Gasteiger partial charge in [-0.2, -0.15) is 0 Å². The molecule has 1 saturated heterocycles. The second kappa shape index (κ2) is 5.43. The molecule has 2 N–H and O–H groups in total. The zero-order valence-electron chi connectivity index (χ0n) is 10.0. The number of carbonyl (C=O) groups is 1. The van der Waals surface area contributed by atoms with Crippen LogP contribution in [0.15, 0.2) is 6.07 Å². The van der Waals surface area contributed by atoms with E-state index in [2.05, 4.69) is 15.3 Å². The Hall–Kier alpha value is -1.50. The van der Waals surface area contributed by atoms with Gasteiger partial charge in [0, 0.05) is 34.0 Å². The summed E-state index contributed by atoms with van der Waals surface area (Å²) in [4.78, 5) is 19.0. The van der Waals surface area contributed by atoms with Crippen molar-refractivity contribution in [3.05, 3.63) is 17.5 Å². The molecule has 2 heterocycles. The van der Waals surface area contributed by atoms with Gasteiger partial charge in [0.05, 0.1) is 0 Å². The van der Waals surface area contributed by atoms with Crippen LogP contribution in [0.2, 0.25) is 0 Å². The molecule has 0 amide bonds. The molecule has 0 radical (unpaired) electrons. The van der Waals surface area contributed by atoms with E-state index in [0.717, 1.165) is 12.8 Å². The first-order valence-electron chi connectivity index (χ1n) is 5.75. The van der Waals surface area contributed by atoms with Crippen molar-refractivity contribution in [3.8, 4) is 0 Å². The van der Waals surface area contributed by atoms with Crippen LogP contribution in [0.5, 0.6) is 0 Å². The highest BCUT2D eigenvalue weighted by Crippen LogP contribution is 2.14. The summed E-state index contributed by atoms with van der Waals surface area (Å²) >= 11 is 0. The zero-order chi connectivity index (χ0) is 13.1. The summed E-state index contributed by atoms with van der Waals surface area (Å²) in [6.45, 7) is 1.73. The minimum Gasteiger partial charge on any atom is -0.477 e. The van der Waals surface area contributed by atoms with Crippen molar-refractivity contribution in [3.63, 3.8) is 0 Å². The van der Waals surface area contributed by atoms with Crippen molar-refractivity contribution in [1.82, 2.24) is 9.97 Å². The van der Waals surface area contributed by atoms with Gasteiger partial charge in [-0.3, -0.25) is 4.21 Å². The largest absolute Gasteiger partial charge is 0.477 e. The normalized spacial score (nSPS) is 23.6. The number of hydrogen-bond donors (Lipinski definition) is 2. The quantitative estimate of drug-likeness (QED) is 0.843. The van der Waals surface area contributed by atoms with Crippen molar-refractivity contribution in [1.29, 1.82) is 0 Å². The first kappa shape index (κ1) is 12.9. The van der Waals surface area contributed by atoms with Gasteiger partial charge in [-0.15, -0.1) is 0 Å². The summed E-state index contributed by atoms with van der Waals surface area (Å²) in [5, 5.41) is 12.0. The summed E-state index contributed by atoms with van der Waals surface area (Å²) in [6.07, 6.45) is 1.60. The molecule has 18 heavy (non-hydrogen) atoms. The molecular formula is C11H15N3O3S. The monoisotopic (exact) mass is 269 g/mol. The van der Waals surface area contributed by atoms with Crippen LogP contribution < -0.4 is 5.32 Å². The second-order valence-electron chi connectivity index (χ2n) is 4.29. The lowest BCUT2D eigenvalue weighted by atomic mass is 10.2. The van der Waals surface area contributed by atoms with E-state index in [-0.39, 0.29) is 11.7 Å². The van der Waals surface area contributed by atoms with Crippen LogP contribution in [0, 0.1) is 6.92 Å². The zero-order valence-corrected chi connectivity index (χ0v) is 10.9. The molecule has 1 aromatic heterocycles. The number of hydrogen-bond acceptors (Lipinski definition) is 5. The molecule has 1 aromatic rings. The lowest BCUT2D eigenvalue weighted by Gasteiger charge is -2.22. The van der Waals surface area contributed by atoms with E-state index in [1.54, 1.807) is 6.92 Å². The van der Waals surface area contributed by atoms with E-state index >= 15 is 0 Å². The average molecular weight is 269 g/mol. The first-order chi connectivity index (χ1) is 8.54. The van der Waals surface area contributed by atoms with Crippen LogP contribution in [0.3, 0.4) is 0 Å². The van der Waals surface area contributed by atoms with Crippen molar-refractivity contribution in [2.45, 2.75) is 25.8 Å². The van der Waals surface area contributed by atoms with Crippen molar-refractivity contribution >= 4 is 22.7 Å². The molecule has 0 atom stereocenters. The van der Waals surface area contributed by atoms with Crippen LogP contribution in [0.1, 0.15) is 29.0 Å². The Morgan fingerprint density at radius 3 is 2.72 bits per heavy atom. The Kier molecular flexibility index (Phi) is 3.90.